The Bertz CT molecular complexity index is 700. The predicted molar refractivity (Wildman–Crippen MR) is 84.0 cm³/mol. The predicted octanol–water partition coefficient (Wildman–Crippen LogP) is 2.67. The smallest absolute Gasteiger partial charge is 0.256 e. The van der Waals surface area contributed by atoms with Gasteiger partial charge in [-0.25, -0.2) is 9.50 Å². The molecule has 0 atom stereocenters. The molecule has 0 spiro atoms. The van der Waals surface area contributed by atoms with Crippen molar-refractivity contribution in [3.63, 3.8) is 0 Å². The number of hydrogen-bond acceptors (Lipinski definition) is 3. The van der Waals surface area contributed by atoms with Crippen LogP contribution < -0.4 is 5.32 Å². The van der Waals surface area contributed by atoms with Crippen LogP contribution in [0.25, 0.3) is 5.65 Å². The third-order valence-corrected chi connectivity index (χ3v) is 5.01. The second kappa shape index (κ2) is 5.71. The van der Waals surface area contributed by atoms with Gasteiger partial charge < -0.3 is 5.32 Å². The summed E-state index contributed by atoms with van der Waals surface area (Å²) < 4.78 is 1.89. The van der Waals surface area contributed by atoms with Crippen LogP contribution in [0.2, 0.25) is 0 Å². The third-order valence-electron chi connectivity index (χ3n) is 5.01. The summed E-state index contributed by atoms with van der Waals surface area (Å²) in [5, 5.41) is 7.60. The van der Waals surface area contributed by atoms with Crippen molar-refractivity contribution in [3.8, 4) is 0 Å². The molecular weight excluding hydrogens is 276 g/mol. The summed E-state index contributed by atoms with van der Waals surface area (Å²) in [7, 11) is 0. The fourth-order valence-electron chi connectivity index (χ4n) is 3.77. The lowest BCUT2D eigenvalue weighted by Crippen LogP contribution is -2.32. The van der Waals surface area contributed by atoms with Gasteiger partial charge in [0.1, 0.15) is 5.56 Å². The maximum Gasteiger partial charge on any atom is 0.256 e. The number of aryl methyl sites for hydroxylation is 2. The number of hydrogen-bond donors (Lipinski definition) is 1. The normalized spacial score (nSPS) is 19.1. The quantitative estimate of drug-likeness (QED) is 0.867. The van der Waals surface area contributed by atoms with Crippen molar-refractivity contribution in [1.29, 1.82) is 0 Å². The van der Waals surface area contributed by atoms with Gasteiger partial charge in [0.2, 0.25) is 0 Å². The van der Waals surface area contributed by atoms with Crippen LogP contribution in [0.1, 0.15) is 66.6 Å². The molecule has 1 N–H and O–H groups in total. The number of aromatic nitrogens is 3. The zero-order valence-electron chi connectivity index (χ0n) is 12.8. The highest BCUT2D eigenvalue weighted by molar-refractivity contribution is 5.99. The summed E-state index contributed by atoms with van der Waals surface area (Å²) in [6.45, 7) is 0. The van der Waals surface area contributed by atoms with Crippen molar-refractivity contribution in [2.75, 3.05) is 0 Å². The van der Waals surface area contributed by atoms with E-state index in [1.807, 2.05) is 10.7 Å². The zero-order chi connectivity index (χ0) is 14.9. The Morgan fingerprint density at radius 1 is 1.09 bits per heavy atom. The van der Waals surface area contributed by atoms with E-state index in [-0.39, 0.29) is 5.91 Å². The summed E-state index contributed by atoms with van der Waals surface area (Å²) in [5.41, 5.74) is 3.84. The van der Waals surface area contributed by atoms with Crippen LogP contribution in [-0.4, -0.2) is 26.5 Å². The number of nitrogens with one attached hydrogen (secondary N) is 1. The van der Waals surface area contributed by atoms with Crippen LogP contribution in [0.3, 0.4) is 0 Å². The van der Waals surface area contributed by atoms with E-state index in [2.05, 4.69) is 15.4 Å². The van der Waals surface area contributed by atoms with Gasteiger partial charge in [-0.1, -0.05) is 19.3 Å². The minimum Gasteiger partial charge on any atom is -0.349 e. The molecule has 2 aliphatic rings. The minimum absolute atomic E-state index is 0.0250. The van der Waals surface area contributed by atoms with Crippen molar-refractivity contribution < 1.29 is 4.79 Å². The summed E-state index contributed by atoms with van der Waals surface area (Å²) >= 11 is 0. The van der Waals surface area contributed by atoms with Crippen molar-refractivity contribution in [3.05, 3.63) is 29.2 Å². The Labute approximate surface area is 130 Å². The number of nitrogens with zero attached hydrogens (tertiary/aromatic N) is 3. The highest BCUT2D eigenvalue weighted by Gasteiger charge is 2.22. The van der Waals surface area contributed by atoms with Crippen LogP contribution in [0.4, 0.5) is 0 Å². The number of rotatable bonds is 2. The zero-order valence-corrected chi connectivity index (χ0v) is 12.8. The molecule has 0 aliphatic heterocycles. The Morgan fingerprint density at radius 2 is 1.91 bits per heavy atom. The van der Waals surface area contributed by atoms with E-state index in [1.54, 1.807) is 6.20 Å². The highest BCUT2D eigenvalue weighted by Crippen LogP contribution is 2.22. The minimum atomic E-state index is -0.0250. The van der Waals surface area contributed by atoms with Gasteiger partial charge in [-0.05, 0) is 44.1 Å². The maximum absolute atomic E-state index is 12.5. The molecule has 0 aromatic carbocycles. The number of amides is 1. The molecule has 5 heteroatoms. The lowest BCUT2D eigenvalue weighted by molar-refractivity contribution is 0.0939. The molecule has 2 aromatic heterocycles. The van der Waals surface area contributed by atoms with E-state index in [1.165, 1.54) is 43.4 Å². The fourth-order valence-corrected chi connectivity index (χ4v) is 3.77. The molecular formula is C17H22N4O. The Balaban J connectivity index is 1.67. The lowest BCUT2D eigenvalue weighted by Gasteiger charge is -2.11. The molecule has 4 rings (SSSR count). The average molecular weight is 298 g/mol. The summed E-state index contributed by atoms with van der Waals surface area (Å²) in [6.07, 6.45) is 14.0. The highest BCUT2D eigenvalue weighted by atomic mass is 16.1. The van der Waals surface area contributed by atoms with E-state index in [4.69, 9.17) is 0 Å². The van der Waals surface area contributed by atoms with Gasteiger partial charge in [-0.2, -0.15) is 5.10 Å². The van der Waals surface area contributed by atoms with Crippen LogP contribution in [0.5, 0.6) is 0 Å². The summed E-state index contributed by atoms with van der Waals surface area (Å²) in [4.78, 5) is 17.0. The van der Waals surface area contributed by atoms with E-state index in [0.717, 1.165) is 25.7 Å². The standard InChI is InChI=1S/C17H22N4O/c22-17(20-13-7-4-5-8-13)14-11-19-21-15-9-3-1-2-6-12(15)10-18-16(14)21/h10-11,13H,1-9H2,(H,20,22). The molecule has 0 saturated heterocycles. The first kappa shape index (κ1) is 13.7. The van der Waals surface area contributed by atoms with Gasteiger partial charge in [0, 0.05) is 17.9 Å². The van der Waals surface area contributed by atoms with Crippen LogP contribution >= 0.6 is 0 Å². The van der Waals surface area contributed by atoms with E-state index >= 15 is 0 Å². The van der Waals surface area contributed by atoms with Crippen LogP contribution in [0.15, 0.2) is 12.4 Å². The Hall–Kier alpha value is -1.91. The largest absolute Gasteiger partial charge is 0.349 e. The van der Waals surface area contributed by atoms with Gasteiger partial charge in [0.15, 0.2) is 5.65 Å². The van der Waals surface area contributed by atoms with Gasteiger partial charge in [-0.15, -0.1) is 0 Å². The Morgan fingerprint density at radius 3 is 2.77 bits per heavy atom. The molecule has 1 amide bonds. The van der Waals surface area contributed by atoms with Gasteiger partial charge in [0.05, 0.1) is 6.20 Å². The van der Waals surface area contributed by atoms with Gasteiger partial charge in [0.25, 0.3) is 5.91 Å². The van der Waals surface area contributed by atoms with Crippen molar-refractivity contribution in [1.82, 2.24) is 19.9 Å². The number of fused-ring (bicyclic) bond motifs is 3. The van der Waals surface area contributed by atoms with E-state index in [9.17, 15) is 4.79 Å². The maximum atomic E-state index is 12.5. The third kappa shape index (κ3) is 2.38. The summed E-state index contributed by atoms with van der Waals surface area (Å²) in [6, 6.07) is 0.322. The lowest BCUT2D eigenvalue weighted by atomic mass is 10.1. The molecule has 116 valence electrons. The topological polar surface area (TPSA) is 59.3 Å². The molecule has 1 fully saturated rings. The molecule has 0 radical (unpaired) electrons. The monoisotopic (exact) mass is 298 g/mol. The fraction of sp³-hybridized carbons (Fsp3) is 0.588. The molecule has 2 heterocycles. The van der Waals surface area contributed by atoms with Crippen molar-refractivity contribution in [2.24, 2.45) is 0 Å². The first-order chi connectivity index (χ1) is 10.8. The summed E-state index contributed by atoms with van der Waals surface area (Å²) in [5.74, 6) is -0.0250. The molecule has 1 saturated carbocycles. The second-order valence-corrected chi connectivity index (χ2v) is 6.54. The molecule has 2 aliphatic carbocycles. The van der Waals surface area contributed by atoms with E-state index in [0.29, 0.717) is 17.3 Å². The molecule has 0 bridgehead atoms. The second-order valence-electron chi connectivity index (χ2n) is 6.54. The Kier molecular flexibility index (Phi) is 3.56. The van der Waals surface area contributed by atoms with E-state index < -0.39 is 0 Å². The number of carbonyl (C=O) groups excluding carboxylic acids is 1. The van der Waals surface area contributed by atoms with Crippen LogP contribution in [-0.2, 0) is 12.8 Å². The van der Waals surface area contributed by atoms with Gasteiger partial charge >= 0.3 is 0 Å². The van der Waals surface area contributed by atoms with Crippen LogP contribution in [0, 0.1) is 0 Å². The van der Waals surface area contributed by atoms with Gasteiger partial charge in [-0.3, -0.25) is 4.79 Å². The first-order valence-corrected chi connectivity index (χ1v) is 8.48. The van der Waals surface area contributed by atoms with Crippen molar-refractivity contribution in [2.45, 2.75) is 63.8 Å². The average Bonchev–Trinajstić information content (AvgIpc) is 3.11. The molecule has 5 nitrogen and oxygen atoms in total. The molecule has 0 unspecified atom stereocenters. The molecule has 2 aromatic rings. The first-order valence-electron chi connectivity index (χ1n) is 8.48. The van der Waals surface area contributed by atoms with Crippen molar-refractivity contribution >= 4 is 11.6 Å². The molecule has 22 heavy (non-hydrogen) atoms. The number of carbonyl (C=O) groups is 1. The SMILES string of the molecule is O=C(NC1CCCC1)c1cnn2c3c(cnc12)CCCCC3.